The fourth-order valence-corrected chi connectivity index (χ4v) is 2.24. The molecule has 2 rings (SSSR count). The van der Waals surface area contributed by atoms with Crippen LogP contribution in [0.5, 0.6) is 0 Å². The Morgan fingerprint density at radius 2 is 1.80 bits per heavy atom. The predicted octanol–water partition coefficient (Wildman–Crippen LogP) is 3.41. The monoisotopic (exact) mass is 358 g/mol. The lowest BCUT2D eigenvalue weighted by Gasteiger charge is -2.38. The van der Waals surface area contributed by atoms with E-state index in [4.69, 9.17) is 27.9 Å². The Bertz CT molecular complexity index is 367. The van der Waals surface area contributed by atoms with E-state index in [2.05, 4.69) is 9.97 Å². The molecule has 0 saturated heterocycles. The lowest BCUT2D eigenvalue weighted by molar-refractivity contribution is -0.0846. The van der Waals surface area contributed by atoms with Gasteiger partial charge in [0.05, 0.1) is 3.57 Å². The largest absolute Gasteiger partial charge is 0.370 e. The number of hydrogen-bond donors (Lipinski definition) is 0. The quantitative estimate of drug-likeness (QED) is 0.600. The van der Waals surface area contributed by atoms with Crippen LogP contribution < -0.4 is 0 Å². The van der Waals surface area contributed by atoms with E-state index in [-0.39, 0.29) is 5.60 Å². The van der Waals surface area contributed by atoms with Gasteiger partial charge >= 0.3 is 0 Å². The Hall–Kier alpha value is 0.350. The molecule has 0 N–H and O–H groups in total. The lowest BCUT2D eigenvalue weighted by atomic mass is 9.79. The van der Waals surface area contributed by atoms with Crippen molar-refractivity contribution in [3.05, 3.63) is 19.7 Å². The second-order valence-corrected chi connectivity index (χ2v) is 5.29. The fraction of sp³-hybridized carbons (Fsp3) is 0.556. The van der Waals surface area contributed by atoms with Crippen LogP contribution in [0.15, 0.2) is 0 Å². The summed E-state index contributed by atoms with van der Waals surface area (Å²) < 4.78 is 6.15. The van der Waals surface area contributed by atoms with Crippen molar-refractivity contribution in [3.8, 4) is 0 Å². The molecule has 0 spiro atoms. The molecule has 1 aliphatic rings. The predicted molar refractivity (Wildman–Crippen MR) is 67.3 cm³/mol. The van der Waals surface area contributed by atoms with Crippen molar-refractivity contribution in [1.29, 1.82) is 0 Å². The van der Waals surface area contributed by atoms with Crippen molar-refractivity contribution in [2.45, 2.75) is 24.9 Å². The van der Waals surface area contributed by atoms with Crippen molar-refractivity contribution < 1.29 is 4.74 Å². The molecule has 1 fully saturated rings. The highest BCUT2D eigenvalue weighted by molar-refractivity contribution is 14.1. The van der Waals surface area contributed by atoms with Crippen LogP contribution in [0.25, 0.3) is 0 Å². The van der Waals surface area contributed by atoms with Gasteiger partial charge in [0.15, 0.2) is 5.82 Å². The molecule has 1 aromatic heterocycles. The van der Waals surface area contributed by atoms with Crippen molar-refractivity contribution >= 4 is 45.8 Å². The van der Waals surface area contributed by atoms with Gasteiger partial charge in [-0.25, -0.2) is 9.97 Å². The summed E-state index contributed by atoms with van der Waals surface area (Å²) in [5.74, 6) is 0.603. The minimum atomic E-state index is -0.363. The lowest BCUT2D eigenvalue weighted by Crippen LogP contribution is -2.38. The van der Waals surface area contributed by atoms with E-state index in [1.807, 2.05) is 22.6 Å². The maximum Gasteiger partial charge on any atom is 0.163 e. The van der Waals surface area contributed by atoms with Gasteiger partial charge in [0.25, 0.3) is 0 Å². The van der Waals surface area contributed by atoms with Crippen molar-refractivity contribution in [2.24, 2.45) is 0 Å². The van der Waals surface area contributed by atoms with Crippen LogP contribution in [-0.2, 0) is 10.3 Å². The maximum absolute atomic E-state index is 5.96. The standard InChI is InChI=1S/C9H9Cl2IN2O/c1-15-9(3-2-4-9)8-13-6(10)5(12)7(11)14-8/h2-4H2,1H3. The van der Waals surface area contributed by atoms with Gasteiger partial charge in [0, 0.05) is 7.11 Å². The Morgan fingerprint density at radius 3 is 2.13 bits per heavy atom. The molecular weight excluding hydrogens is 350 g/mol. The van der Waals surface area contributed by atoms with Crippen molar-refractivity contribution in [1.82, 2.24) is 9.97 Å². The fourth-order valence-electron chi connectivity index (χ4n) is 1.61. The summed E-state index contributed by atoms with van der Waals surface area (Å²) in [6, 6.07) is 0. The zero-order valence-corrected chi connectivity index (χ0v) is 11.7. The van der Waals surface area contributed by atoms with E-state index in [1.54, 1.807) is 7.11 Å². The van der Waals surface area contributed by atoms with Crippen molar-refractivity contribution in [2.75, 3.05) is 7.11 Å². The molecule has 0 radical (unpaired) electrons. The summed E-state index contributed by atoms with van der Waals surface area (Å²) in [5, 5.41) is 0.794. The number of nitrogens with zero attached hydrogens (tertiary/aromatic N) is 2. The molecule has 1 saturated carbocycles. The minimum Gasteiger partial charge on any atom is -0.370 e. The number of aromatic nitrogens is 2. The van der Waals surface area contributed by atoms with E-state index >= 15 is 0 Å². The number of halogens is 3. The molecule has 6 heteroatoms. The van der Waals surface area contributed by atoms with Gasteiger partial charge in [-0.3, -0.25) is 0 Å². The molecule has 0 bridgehead atoms. The Labute approximate surface area is 112 Å². The van der Waals surface area contributed by atoms with Crippen LogP contribution in [0.1, 0.15) is 25.1 Å². The number of methoxy groups -OCH3 is 1. The molecule has 15 heavy (non-hydrogen) atoms. The summed E-state index contributed by atoms with van der Waals surface area (Å²) in [6.45, 7) is 0. The van der Waals surface area contributed by atoms with Gasteiger partial charge in [0.2, 0.25) is 0 Å². The number of rotatable bonds is 2. The Kier molecular flexibility index (Phi) is 3.40. The SMILES string of the molecule is COC1(c2nc(Cl)c(I)c(Cl)n2)CCC1. The number of ether oxygens (including phenoxy) is 1. The zero-order chi connectivity index (χ0) is 11.1. The molecule has 1 aliphatic carbocycles. The van der Waals surface area contributed by atoms with Gasteiger partial charge < -0.3 is 4.74 Å². The smallest absolute Gasteiger partial charge is 0.163 e. The first-order valence-electron chi connectivity index (χ1n) is 4.53. The maximum atomic E-state index is 5.96. The molecular formula is C9H9Cl2IN2O. The molecule has 0 atom stereocenters. The van der Waals surface area contributed by atoms with Crippen LogP contribution in [0.4, 0.5) is 0 Å². The normalized spacial score (nSPS) is 18.7. The van der Waals surface area contributed by atoms with Crippen molar-refractivity contribution in [3.63, 3.8) is 0 Å². The molecule has 1 heterocycles. The molecule has 0 aromatic carbocycles. The van der Waals surface area contributed by atoms with Gasteiger partial charge in [-0.1, -0.05) is 23.2 Å². The first-order valence-corrected chi connectivity index (χ1v) is 6.37. The molecule has 1 aromatic rings. The summed E-state index contributed by atoms with van der Waals surface area (Å²) in [7, 11) is 1.67. The molecule has 82 valence electrons. The van der Waals surface area contributed by atoms with E-state index in [9.17, 15) is 0 Å². The van der Waals surface area contributed by atoms with E-state index in [1.165, 1.54) is 0 Å². The third-order valence-electron chi connectivity index (χ3n) is 2.73. The highest BCUT2D eigenvalue weighted by atomic mass is 127. The van der Waals surface area contributed by atoms with E-state index < -0.39 is 0 Å². The minimum absolute atomic E-state index is 0.363. The highest BCUT2D eigenvalue weighted by Gasteiger charge is 2.42. The van der Waals surface area contributed by atoms with Crippen LogP contribution >= 0.6 is 45.8 Å². The van der Waals surface area contributed by atoms with Gasteiger partial charge in [-0.2, -0.15) is 0 Å². The summed E-state index contributed by atoms with van der Waals surface area (Å²) in [6.07, 6.45) is 2.98. The molecule has 0 aliphatic heterocycles. The van der Waals surface area contributed by atoms with E-state index in [0.29, 0.717) is 19.7 Å². The first kappa shape index (κ1) is 11.8. The van der Waals surface area contributed by atoms with Crippen LogP contribution in [0.3, 0.4) is 0 Å². The summed E-state index contributed by atoms with van der Waals surface area (Å²) in [5.41, 5.74) is -0.363. The summed E-state index contributed by atoms with van der Waals surface area (Å²) in [4.78, 5) is 8.47. The second-order valence-electron chi connectivity index (χ2n) is 3.49. The van der Waals surface area contributed by atoms with Gasteiger partial charge in [0.1, 0.15) is 15.9 Å². The third kappa shape index (κ3) is 1.97. The average Bonchev–Trinajstić information content (AvgIpc) is 2.13. The van der Waals surface area contributed by atoms with Crippen LogP contribution in [0, 0.1) is 3.57 Å². The average molecular weight is 359 g/mol. The van der Waals surface area contributed by atoms with Crippen LogP contribution in [-0.4, -0.2) is 17.1 Å². The Balaban J connectivity index is 2.45. The van der Waals surface area contributed by atoms with Crippen LogP contribution in [0.2, 0.25) is 10.3 Å². The molecule has 0 unspecified atom stereocenters. The third-order valence-corrected chi connectivity index (χ3v) is 4.94. The molecule has 3 nitrogen and oxygen atoms in total. The zero-order valence-electron chi connectivity index (χ0n) is 8.06. The number of hydrogen-bond acceptors (Lipinski definition) is 3. The highest BCUT2D eigenvalue weighted by Crippen LogP contribution is 2.43. The topological polar surface area (TPSA) is 35.0 Å². The first-order chi connectivity index (χ1) is 7.09. The van der Waals surface area contributed by atoms with Gasteiger partial charge in [-0.05, 0) is 41.9 Å². The second kappa shape index (κ2) is 4.31. The summed E-state index contributed by atoms with van der Waals surface area (Å²) >= 11 is 14.0. The Morgan fingerprint density at radius 1 is 1.27 bits per heavy atom. The molecule has 0 amide bonds. The van der Waals surface area contributed by atoms with Gasteiger partial charge in [-0.15, -0.1) is 0 Å². The van der Waals surface area contributed by atoms with E-state index in [0.717, 1.165) is 19.3 Å².